The normalized spacial score (nSPS) is 17.4. The Morgan fingerprint density at radius 3 is 2.74 bits per heavy atom. The van der Waals surface area contributed by atoms with Crippen LogP contribution >= 0.6 is 11.8 Å². The average molecular weight is 336 g/mol. The highest BCUT2D eigenvalue weighted by molar-refractivity contribution is 7.98. The molecule has 0 unspecified atom stereocenters. The summed E-state index contributed by atoms with van der Waals surface area (Å²) in [5.41, 5.74) is 1.65. The zero-order valence-electron chi connectivity index (χ0n) is 13.6. The molecule has 0 bridgehead atoms. The molecule has 124 valence electrons. The number of nitrogens with one attached hydrogen (secondary N) is 2. The van der Waals surface area contributed by atoms with Crippen LogP contribution in [0.5, 0.6) is 5.75 Å². The van der Waals surface area contributed by atoms with E-state index in [0.717, 1.165) is 10.5 Å². The van der Waals surface area contributed by atoms with Gasteiger partial charge in [-0.05, 0) is 37.8 Å². The molecule has 7 heteroatoms. The van der Waals surface area contributed by atoms with E-state index in [-0.39, 0.29) is 12.6 Å². The zero-order chi connectivity index (χ0) is 17.0. The number of esters is 1. The van der Waals surface area contributed by atoms with Crippen molar-refractivity contribution in [2.75, 3.05) is 20.0 Å². The highest BCUT2D eigenvalue weighted by Gasteiger charge is 2.32. The van der Waals surface area contributed by atoms with E-state index in [1.807, 2.05) is 24.5 Å². The van der Waals surface area contributed by atoms with Gasteiger partial charge >= 0.3 is 12.0 Å². The Kier molecular flexibility index (Phi) is 5.54. The molecule has 1 aromatic carbocycles. The maximum atomic E-state index is 12.3. The number of ether oxygens (including phenoxy) is 2. The highest BCUT2D eigenvalue weighted by atomic mass is 32.2. The number of thioether (sulfide) groups is 1. The van der Waals surface area contributed by atoms with E-state index in [9.17, 15) is 9.59 Å². The van der Waals surface area contributed by atoms with Gasteiger partial charge in [-0.1, -0.05) is 6.07 Å². The van der Waals surface area contributed by atoms with Gasteiger partial charge < -0.3 is 20.1 Å². The van der Waals surface area contributed by atoms with Crippen LogP contribution in [-0.2, 0) is 9.53 Å². The number of carbonyl (C=O) groups is 2. The molecule has 0 aliphatic carbocycles. The summed E-state index contributed by atoms with van der Waals surface area (Å²) in [5.74, 6) is 0.249. The lowest BCUT2D eigenvalue weighted by Gasteiger charge is -2.28. The van der Waals surface area contributed by atoms with Gasteiger partial charge in [0.05, 0.1) is 25.3 Å². The highest BCUT2D eigenvalue weighted by Crippen LogP contribution is 2.34. The van der Waals surface area contributed by atoms with Gasteiger partial charge in [0.2, 0.25) is 0 Å². The monoisotopic (exact) mass is 336 g/mol. The molecule has 0 saturated heterocycles. The van der Waals surface area contributed by atoms with Gasteiger partial charge in [-0.25, -0.2) is 9.59 Å². The van der Waals surface area contributed by atoms with Crippen LogP contribution in [0.15, 0.2) is 34.4 Å². The van der Waals surface area contributed by atoms with Gasteiger partial charge in [-0.2, -0.15) is 0 Å². The molecule has 2 rings (SSSR count). The number of amides is 2. The molecule has 0 radical (unpaired) electrons. The molecule has 1 aliphatic rings. The maximum Gasteiger partial charge on any atom is 0.338 e. The third-order valence-corrected chi connectivity index (χ3v) is 4.28. The van der Waals surface area contributed by atoms with Gasteiger partial charge in [0.1, 0.15) is 5.75 Å². The number of methoxy groups -OCH3 is 1. The number of allylic oxidation sites excluding steroid dienone is 1. The minimum atomic E-state index is -0.576. The molecule has 6 nitrogen and oxygen atoms in total. The van der Waals surface area contributed by atoms with Crippen molar-refractivity contribution in [2.45, 2.75) is 24.8 Å². The number of carbonyl (C=O) groups excluding carboxylic acids is 2. The SMILES string of the molecule is CCOC(=O)C1=C(C)NC(=O)N[C@@H]1c1ccc(SC)c(OC)c1. The van der Waals surface area contributed by atoms with E-state index in [4.69, 9.17) is 9.47 Å². The third-order valence-electron chi connectivity index (χ3n) is 3.51. The summed E-state index contributed by atoms with van der Waals surface area (Å²) in [6.07, 6.45) is 1.96. The summed E-state index contributed by atoms with van der Waals surface area (Å²) < 4.78 is 10.5. The summed E-state index contributed by atoms with van der Waals surface area (Å²) in [5, 5.41) is 5.38. The topological polar surface area (TPSA) is 76.7 Å². The quantitative estimate of drug-likeness (QED) is 0.638. The van der Waals surface area contributed by atoms with Crippen LogP contribution in [0.2, 0.25) is 0 Å². The Labute approximate surface area is 139 Å². The van der Waals surface area contributed by atoms with Crippen LogP contribution in [-0.4, -0.2) is 32.0 Å². The van der Waals surface area contributed by atoms with Crippen LogP contribution in [0.3, 0.4) is 0 Å². The first-order valence-corrected chi connectivity index (χ1v) is 8.41. The second-order valence-corrected chi connectivity index (χ2v) is 5.75. The predicted octanol–water partition coefficient (Wildman–Crippen LogP) is 2.61. The van der Waals surface area contributed by atoms with Gasteiger partial charge in [0, 0.05) is 10.6 Å². The molecular weight excluding hydrogens is 316 g/mol. The summed E-state index contributed by atoms with van der Waals surface area (Å²) in [4.78, 5) is 25.1. The van der Waals surface area contributed by atoms with E-state index in [0.29, 0.717) is 17.0 Å². The van der Waals surface area contributed by atoms with Crippen molar-refractivity contribution < 1.29 is 19.1 Å². The van der Waals surface area contributed by atoms with E-state index in [1.165, 1.54) is 0 Å². The van der Waals surface area contributed by atoms with E-state index in [1.54, 1.807) is 32.7 Å². The van der Waals surface area contributed by atoms with E-state index >= 15 is 0 Å². The van der Waals surface area contributed by atoms with Crippen molar-refractivity contribution in [3.05, 3.63) is 35.0 Å². The number of benzene rings is 1. The molecular formula is C16H20N2O4S. The molecule has 1 aliphatic heterocycles. The number of hydrogen-bond donors (Lipinski definition) is 2. The lowest BCUT2D eigenvalue weighted by atomic mass is 9.95. The van der Waals surface area contributed by atoms with Crippen LogP contribution in [0, 0.1) is 0 Å². The number of hydrogen-bond acceptors (Lipinski definition) is 5. The third kappa shape index (κ3) is 3.61. The lowest BCUT2D eigenvalue weighted by molar-refractivity contribution is -0.139. The summed E-state index contributed by atoms with van der Waals surface area (Å²) in [7, 11) is 1.59. The fourth-order valence-corrected chi connectivity index (χ4v) is 3.00. The van der Waals surface area contributed by atoms with Gasteiger partial charge in [-0.15, -0.1) is 11.8 Å². The Morgan fingerprint density at radius 2 is 2.13 bits per heavy atom. The predicted molar refractivity (Wildman–Crippen MR) is 88.5 cm³/mol. The summed E-state index contributed by atoms with van der Waals surface area (Å²) in [6, 6.07) is 4.68. The number of rotatable bonds is 5. The van der Waals surface area contributed by atoms with Crippen LogP contribution < -0.4 is 15.4 Å². The fourth-order valence-electron chi connectivity index (χ4n) is 2.46. The molecule has 1 atom stereocenters. The van der Waals surface area contributed by atoms with Crippen LogP contribution in [0.25, 0.3) is 0 Å². The van der Waals surface area contributed by atoms with Crippen molar-refractivity contribution in [3.8, 4) is 5.75 Å². The van der Waals surface area contributed by atoms with Gasteiger partial charge in [-0.3, -0.25) is 0 Å². The molecule has 0 aromatic heterocycles. The van der Waals surface area contributed by atoms with Crippen LogP contribution in [0.1, 0.15) is 25.5 Å². The van der Waals surface area contributed by atoms with E-state index in [2.05, 4.69) is 10.6 Å². The molecule has 0 fully saturated rings. The standard InChI is InChI=1S/C16H20N2O4S/c1-5-22-15(19)13-9(2)17-16(20)18-14(13)10-6-7-12(23-4)11(8-10)21-3/h6-8,14H,5H2,1-4H3,(H2,17,18,20)/t14-/m1/s1. The zero-order valence-corrected chi connectivity index (χ0v) is 14.4. The summed E-state index contributed by atoms with van der Waals surface area (Å²) in [6.45, 7) is 3.70. The van der Waals surface area contributed by atoms with Crippen molar-refractivity contribution >= 4 is 23.8 Å². The van der Waals surface area contributed by atoms with Crippen LogP contribution in [0.4, 0.5) is 4.79 Å². The van der Waals surface area contributed by atoms with Crippen molar-refractivity contribution in [1.29, 1.82) is 0 Å². The number of urea groups is 1. The molecule has 1 heterocycles. The molecule has 0 spiro atoms. The second kappa shape index (κ2) is 7.41. The van der Waals surface area contributed by atoms with Gasteiger partial charge in [0.25, 0.3) is 0 Å². The molecule has 23 heavy (non-hydrogen) atoms. The molecule has 2 amide bonds. The summed E-state index contributed by atoms with van der Waals surface area (Å²) >= 11 is 1.56. The van der Waals surface area contributed by atoms with E-state index < -0.39 is 12.0 Å². The Bertz CT molecular complexity index is 657. The lowest BCUT2D eigenvalue weighted by Crippen LogP contribution is -2.45. The maximum absolute atomic E-state index is 12.3. The second-order valence-electron chi connectivity index (χ2n) is 4.91. The average Bonchev–Trinajstić information content (AvgIpc) is 2.53. The first kappa shape index (κ1) is 17.2. The van der Waals surface area contributed by atoms with Crippen molar-refractivity contribution in [2.24, 2.45) is 0 Å². The van der Waals surface area contributed by atoms with Crippen molar-refractivity contribution in [1.82, 2.24) is 10.6 Å². The first-order chi connectivity index (χ1) is 11.0. The molecule has 1 aromatic rings. The first-order valence-electron chi connectivity index (χ1n) is 7.19. The molecule has 2 N–H and O–H groups in total. The van der Waals surface area contributed by atoms with Crippen molar-refractivity contribution in [3.63, 3.8) is 0 Å². The Morgan fingerprint density at radius 1 is 1.39 bits per heavy atom. The Hall–Kier alpha value is -2.15. The molecule has 0 saturated carbocycles. The minimum absolute atomic E-state index is 0.269. The minimum Gasteiger partial charge on any atom is -0.496 e. The fraction of sp³-hybridized carbons (Fsp3) is 0.375. The largest absolute Gasteiger partial charge is 0.496 e. The van der Waals surface area contributed by atoms with Gasteiger partial charge in [0.15, 0.2) is 0 Å². The Balaban J connectivity index is 2.47. The smallest absolute Gasteiger partial charge is 0.338 e.